The zero-order valence-electron chi connectivity index (χ0n) is 12.0. The first-order valence-corrected chi connectivity index (χ1v) is 7.50. The van der Waals surface area contributed by atoms with Crippen molar-refractivity contribution in [2.45, 2.75) is 6.92 Å². The summed E-state index contributed by atoms with van der Waals surface area (Å²) in [6.07, 6.45) is 0. The molecule has 0 unspecified atom stereocenters. The van der Waals surface area contributed by atoms with Crippen molar-refractivity contribution in [2.24, 2.45) is 0 Å². The second-order valence-corrected chi connectivity index (χ2v) is 5.73. The molecule has 0 amide bonds. The number of fused-ring (bicyclic) bond motifs is 2. The first-order valence-electron chi connectivity index (χ1n) is 7.12. The van der Waals surface area contributed by atoms with Crippen LogP contribution in [0.3, 0.4) is 0 Å². The van der Waals surface area contributed by atoms with Gasteiger partial charge in [-0.15, -0.1) is 0 Å². The van der Waals surface area contributed by atoms with Crippen molar-refractivity contribution >= 4 is 45.0 Å². The molecule has 0 atom stereocenters. The third-order valence-corrected chi connectivity index (χ3v) is 4.13. The number of hydrogen-bond donors (Lipinski definition) is 2. The zero-order valence-corrected chi connectivity index (χ0v) is 12.8. The Kier molecular flexibility index (Phi) is 3.01. The average Bonchev–Trinajstić information content (AvgIpc) is 2.94. The third kappa shape index (κ3) is 2.11. The van der Waals surface area contributed by atoms with Gasteiger partial charge in [-0.2, -0.15) is 0 Å². The number of benzene rings is 3. The molecule has 1 heterocycles. The average molecular weight is 308 g/mol. The first-order chi connectivity index (χ1) is 10.7. The lowest BCUT2D eigenvalue weighted by Crippen LogP contribution is -1.95. The van der Waals surface area contributed by atoms with Crippen molar-refractivity contribution in [3.05, 3.63) is 65.2 Å². The van der Waals surface area contributed by atoms with E-state index in [2.05, 4.69) is 34.3 Å². The predicted octanol–water partition coefficient (Wildman–Crippen LogP) is 5.42. The van der Waals surface area contributed by atoms with Crippen molar-refractivity contribution < 1.29 is 0 Å². The van der Waals surface area contributed by atoms with Crippen molar-refractivity contribution in [2.75, 3.05) is 5.32 Å². The van der Waals surface area contributed by atoms with Crippen LogP contribution in [0, 0.1) is 6.92 Å². The van der Waals surface area contributed by atoms with E-state index < -0.39 is 0 Å². The molecule has 2 N–H and O–H groups in total. The molecule has 0 aliphatic heterocycles. The van der Waals surface area contributed by atoms with Gasteiger partial charge in [0.2, 0.25) is 5.95 Å². The Morgan fingerprint density at radius 2 is 1.73 bits per heavy atom. The number of hydrogen-bond acceptors (Lipinski definition) is 2. The molecular weight excluding hydrogens is 294 g/mol. The summed E-state index contributed by atoms with van der Waals surface area (Å²) in [5, 5.41) is 6.30. The second kappa shape index (κ2) is 5.04. The molecule has 0 aliphatic carbocycles. The first kappa shape index (κ1) is 13.2. The Morgan fingerprint density at radius 1 is 1.00 bits per heavy atom. The van der Waals surface area contributed by atoms with Crippen LogP contribution in [0.5, 0.6) is 0 Å². The molecule has 108 valence electrons. The van der Waals surface area contributed by atoms with Crippen LogP contribution in [0.15, 0.2) is 54.6 Å². The van der Waals surface area contributed by atoms with E-state index in [-0.39, 0.29) is 0 Å². The minimum absolute atomic E-state index is 0.691. The lowest BCUT2D eigenvalue weighted by molar-refractivity contribution is 1.31. The maximum absolute atomic E-state index is 6.45. The van der Waals surface area contributed by atoms with Gasteiger partial charge in [-0.05, 0) is 36.1 Å². The van der Waals surface area contributed by atoms with Gasteiger partial charge in [0, 0.05) is 5.39 Å². The van der Waals surface area contributed by atoms with Crippen LogP contribution in [-0.2, 0) is 0 Å². The van der Waals surface area contributed by atoms with Gasteiger partial charge in [-0.1, -0.05) is 48.0 Å². The van der Waals surface area contributed by atoms with Crippen LogP contribution in [0.25, 0.3) is 21.8 Å². The number of aromatic amines is 1. The fourth-order valence-corrected chi connectivity index (χ4v) is 3.08. The lowest BCUT2D eigenvalue weighted by atomic mass is 10.0. The van der Waals surface area contributed by atoms with Crippen LogP contribution in [0.2, 0.25) is 5.02 Å². The molecule has 3 aromatic carbocycles. The zero-order chi connectivity index (χ0) is 15.1. The van der Waals surface area contributed by atoms with Gasteiger partial charge in [0.25, 0.3) is 0 Å². The molecule has 4 aromatic rings. The maximum Gasteiger partial charge on any atom is 0.205 e. The van der Waals surface area contributed by atoms with Crippen molar-refractivity contribution in [1.29, 1.82) is 0 Å². The highest BCUT2D eigenvalue weighted by Gasteiger charge is 2.11. The van der Waals surface area contributed by atoms with Gasteiger partial charge in [-0.3, -0.25) is 0 Å². The van der Waals surface area contributed by atoms with E-state index in [0.717, 1.165) is 27.7 Å². The van der Waals surface area contributed by atoms with Gasteiger partial charge >= 0.3 is 0 Å². The Labute approximate surface area is 132 Å². The standard InChI is InChI=1S/C18H14ClN3/c1-11-10-14(19)17(13-7-3-2-6-12(11)13)22-18-20-15-8-4-5-9-16(15)21-18/h2-10H,1H3,(H2,20,21,22). The number of aromatic nitrogens is 2. The maximum atomic E-state index is 6.45. The molecule has 4 heteroatoms. The van der Waals surface area contributed by atoms with Gasteiger partial charge < -0.3 is 10.3 Å². The monoisotopic (exact) mass is 307 g/mol. The number of nitrogens with one attached hydrogen (secondary N) is 2. The molecule has 22 heavy (non-hydrogen) atoms. The summed E-state index contributed by atoms with van der Waals surface area (Å²) in [5.74, 6) is 0.692. The fourth-order valence-electron chi connectivity index (χ4n) is 2.77. The summed E-state index contributed by atoms with van der Waals surface area (Å²) >= 11 is 6.45. The Bertz CT molecular complexity index is 955. The van der Waals surface area contributed by atoms with Gasteiger partial charge in [0.1, 0.15) is 0 Å². The van der Waals surface area contributed by atoms with E-state index in [1.54, 1.807) is 0 Å². The minimum Gasteiger partial charge on any atom is -0.324 e. The van der Waals surface area contributed by atoms with Gasteiger partial charge in [0.15, 0.2) is 0 Å². The molecule has 3 nitrogen and oxygen atoms in total. The van der Waals surface area contributed by atoms with E-state index in [1.165, 1.54) is 5.39 Å². The number of aryl methyl sites for hydroxylation is 1. The quantitative estimate of drug-likeness (QED) is 0.519. The minimum atomic E-state index is 0.691. The Morgan fingerprint density at radius 3 is 2.55 bits per heavy atom. The number of para-hydroxylation sites is 2. The van der Waals surface area contributed by atoms with E-state index in [9.17, 15) is 0 Å². The Hall–Kier alpha value is -2.52. The number of nitrogens with zero attached hydrogens (tertiary/aromatic N) is 1. The SMILES string of the molecule is Cc1cc(Cl)c(Nc2nc3ccccc3[nH]2)c2ccccc12. The van der Waals surface area contributed by atoms with Gasteiger partial charge in [-0.25, -0.2) is 4.98 Å². The molecule has 0 aliphatic rings. The van der Waals surface area contributed by atoms with Gasteiger partial charge in [0.05, 0.1) is 21.7 Å². The largest absolute Gasteiger partial charge is 0.324 e. The smallest absolute Gasteiger partial charge is 0.205 e. The normalized spacial score (nSPS) is 11.2. The predicted molar refractivity (Wildman–Crippen MR) is 93.1 cm³/mol. The van der Waals surface area contributed by atoms with Crippen LogP contribution in [0.4, 0.5) is 11.6 Å². The number of anilines is 2. The van der Waals surface area contributed by atoms with Crippen molar-refractivity contribution in [3.63, 3.8) is 0 Å². The molecule has 0 fully saturated rings. The Balaban J connectivity index is 1.87. The van der Waals surface area contributed by atoms with Crippen molar-refractivity contribution in [1.82, 2.24) is 9.97 Å². The number of H-pyrrole nitrogens is 1. The molecule has 0 saturated carbocycles. The summed E-state index contributed by atoms with van der Waals surface area (Å²) in [6, 6.07) is 18.1. The highest BCUT2D eigenvalue weighted by Crippen LogP contribution is 2.35. The summed E-state index contributed by atoms with van der Waals surface area (Å²) in [4.78, 5) is 7.82. The van der Waals surface area contributed by atoms with Crippen LogP contribution >= 0.6 is 11.6 Å². The summed E-state index contributed by atoms with van der Waals surface area (Å²) in [5.41, 5.74) is 3.97. The number of imidazole rings is 1. The van der Waals surface area contributed by atoms with E-state index >= 15 is 0 Å². The fraction of sp³-hybridized carbons (Fsp3) is 0.0556. The molecule has 0 spiro atoms. The number of rotatable bonds is 2. The van der Waals surface area contributed by atoms with Crippen LogP contribution in [0.1, 0.15) is 5.56 Å². The van der Waals surface area contributed by atoms with Crippen LogP contribution < -0.4 is 5.32 Å². The molecule has 0 saturated heterocycles. The highest BCUT2D eigenvalue weighted by atomic mass is 35.5. The molecule has 0 bridgehead atoms. The van der Waals surface area contributed by atoms with E-state index in [4.69, 9.17) is 11.6 Å². The van der Waals surface area contributed by atoms with E-state index in [0.29, 0.717) is 11.0 Å². The molecular formula is C18H14ClN3. The van der Waals surface area contributed by atoms with E-state index in [1.807, 2.05) is 42.5 Å². The second-order valence-electron chi connectivity index (χ2n) is 5.32. The summed E-state index contributed by atoms with van der Waals surface area (Å²) in [7, 11) is 0. The topological polar surface area (TPSA) is 40.7 Å². The van der Waals surface area contributed by atoms with Crippen LogP contribution in [-0.4, -0.2) is 9.97 Å². The lowest BCUT2D eigenvalue weighted by Gasteiger charge is -2.12. The van der Waals surface area contributed by atoms with Crippen molar-refractivity contribution in [3.8, 4) is 0 Å². The summed E-state index contributed by atoms with van der Waals surface area (Å²) in [6.45, 7) is 2.07. The summed E-state index contributed by atoms with van der Waals surface area (Å²) < 4.78 is 0. The molecule has 1 aromatic heterocycles. The highest BCUT2D eigenvalue weighted by molar-refractivity contribution is 6.35. The molecule has 4 rings (SSSR count). The number of halogens is 1. The molecule has 0 radical (unpaired) electrons. The third-order valence-electron chi connectivity index (χ3n) is 3.84.